The van der Waals surface area contributed by atoms with Gasteiger partial charge in [-0.15, -0.1) is 0 Å². The molecule has 1 N–H and O–H groups in total. The number of nitrogens with one attached hydrogen (secondary N) is 1. The quantitative estimate of drug-likeness (QED) is 0.780. The lowest BCUT2D eigenvalue weighted by Gasteiger charge is -2.08. The van der Waals surface area contributed by atoms with Gasteiger partial charge in [0.1, 0.15) is 0 Å². The zero-order chi connectivity index (χ0) is 18.2. The molecule has 0 unspecified atom stereocenters. The van der Waals surface area contributed by atoms with Gasteiger partial charge in [0, 0.05) is 17.5 Å². The average Bonchev–Trinajstić information content (AvgIpc) is 2.55. The Kier molecular flexibility index (Phi) is 4.26. The van der Waals surface area contributed by atoms with Crippen molar-refractivity contribution in [3.63, 3.8) is 0 Å². The smallest absolute Gasteiger partial charge is 0.255 e. The first-order chi connectivity index (χ1) is 11.7. The minimum Gasteiger partial charge on any atom is -0.322 e. The van der Waals surface area contributed by atoms with E-state index < -0.39 is 9.84 Å². The van der Waals surface area contributed by atoms with Crippen molar-refractivity contribution < 1.29 is 13.2 Å². The van der Waals surface area contributed by atoms with E-state index in [2.05, 4.69) is 15.3 Å². The lowest BCUT2D eigenvalue weighted by atomic mass is 10.1. The molecule has 1 aromatic heterocycles. The fourth-order valence-electron chi connectivity index (χ4n) is 2.38. The fourth-order valence-corrected chi connectivity index (χ4v) is 3.05. The van der Waals surface area contributed by atoms with Crippen molar-refractivity contribution in [1.29, 1.82) is 0 Å². The van der Waals surface area contributed by atoms with Gasteiger partial charge >= 0.3 is 0 Å². The normalized spacial score (nSPS) is 11.5. The van der Waals surface area contributed by atoms with Crippen molar-refractivity contribution in [2.45, 2.75) is 18.7 Å². The number of hydrogen-bond acceptors (Lipinski definition) is 5. The summed E-state index contributed by atoms with van der Waals surface area (Å²) in [6.07, 6.45) is 1.13. The number of anilines is 1. The second-order valence-corrected chi connectivity index (χ2v) is 7.87. The molecular formula is C18H17N3O3S. The second-order valence-electron chi connectivity index (χ2n) is 5.85. The Hall–Kier alpha value is -2.80. The van der Waals surface area contributed by atoms with Crippen LogP contribution < -0.4 is 5.32 Å². The minimum atomic E-state index is -3.33. The number of amides is 1. The van der Waals surface area contributed by atoms with Gasteiger partial charge in [-0.05, 0) is 50.2 Å². The molecule has 3 aromatic rings. The van der Waals surface area contributed by atoms with Gasteiger partial charge in [-0.25, -0.2) is 18.4 Å². The van der Waals surface area contributed by atoms with E-state index in [4.69, 9.17) is 0 Å². The molecule has 3 rings (SSSR count). The Morgan fingerprint density at radius 1 is 0.960 bits per heavy atom. The highest BCUT2D eigenvalue weighted by atomic mass is 32.2. The second kappa shape index (κ2) is 6.25. The number of nitrogens with zero attached hydrogens (tertiary/aromatic N) is 2. The molecule has 0 saturated carbocycles. The number of rotatable bonds is 3. The molecule has 0 aliphatic carbocycles. The van der Waals surface area contributed by atoms with Crippen LogP contribution in [0.4, 0.5) is 5.69 Å². The summed E-state index contributed by atoms with van der Waals surface area (Å²) in [5.41, 5.74) is 3.86. The van der Waals surface area contributed by atoms with E-state index in [0.717, 1.165) is 23.2 Å². The number of carbonyl (C=O) groups excluding carboxylic acids is 1. The molecular weight excluding hydrogens is 338 g/mol. The van der Waals surface area contributed by atoms with E-state index in [1.807, 2.05) is 13.8 Å². The maximum Gasteiger partial charge on any atom is 0.255 e. The van der Waals surface area contributed by atoms with Crippen molar-refractivity contribution in [3.8, 4) is 0 Å². The lowest BCUT2D eigenvalue weighted by molar-refractivity contribution is 0.102. The zero-order valence-corrected chi connectivity index (χ0v) is 14.9. The first-order valence-electron chi connectivity index (χ1n) is 7.60. The number of hydrogen-bond donors (Lipinski definition) is 1. The van der Waals surface area contributed by atoms with E-state index in [1.54, 1.807) is 30.3 Å². The zero-order valence-electron chi connectivity index (χ0n) is 14.1. The molecule has 1 heterocycles. The van der Waals surface area contributed by atoms with Gasteiger partial charge < -0.3 is 5.32 Å². The molecule has 128 valence electrons. The van der Waals surface area contributed by atoms with Crippen molar-refractivity contribution in [1.82, 2.24) is 9.97 Å². The highest BCUT2D eigenvalue weighted by Gasteiger charge is 2.11. The molecule has 2 aromatic carbocycles. The van der Waals surface area contributed by atoms with Gasteiger partial charge in [0.25, 0.3) is 5.91 Å². The number of carbonyl (C=O) groups is 1. The molecule has 0 fully saturated rings. The fraction of sp³-hybridized carbons (Fsp3) is 0.167. The summed E-state index contributed by atoms with van der Waals surface area (Å²) in [4.78, 5) is 21.5. The average molecular weight is 355 g/mol. The summed E-state index contributed by atoms with van der Waals surface area (Å²) in [5.74, 6) is -0.340. The molecule has 6 nitrogen and oxygen atoms in total. The Balaban J connectivity index is 1.91. The molecule has 25 heavy (non-hydrogen) atoms. The van der Waals surface area contributed by atoms with Gasteiger partial charge in [0.2, 0.25) is 0 Å². The Morgan fingerprint density at radius 3 is 2.32 bits per heavy atom. The van der Waals surface area contributed by atoms with Crippen LogP contribution in [0.2, 0.25) is 0 Å². The molecule has 0 aliphatic rings. The van der Waals surface area contributed by atoms with Crippen molar-refractivity contribution in [3.05, 3.63) is 59.4 Å². The summed E-state index contributed by atoms with van der Waals surface area (Å²) in [5, 5.41) is 2.71. The van der Waals surface area contributed by atoms with Gasteiger partial charge in [-0.3, -0.25) is 4.79 Å². The van der Waals surface area contributed by atoms with E-state index in [1.165, 1.54) is 12.1 Å². The summed E-state index contributed by atoms with van der Waals surface area (Å²) < 4.78 is 23.2. The highest BCUT2D eigenvalue weighted by molar-refractivity contribution is 7.90. The van der Waals surface area contributed by atoms with Crippen molar-refractivity contribution in [2.75, 3.05) is 11.6 Å². The van der Waals surface area contributed by atoms with Gasteiger partial charge in [-0.1, -0.05) is 6.07 Å². The first-order valence-corrected chi connectivity index (χ1v) is 9.50. The Bertz CT molecular complexity index is 1090. The molecule has 7 heteroatoms. The molecule has 0 saturated heterocycles. The van der Waals surface area contributed by atoms with Crippen LogP contribution in [0.1, 0.15) is 21.7 Å². The van der Waals surface area contributed by atoms with Crippen LogP contribution in [0.15, 0.2) is 47.4 Å². The van der Waals surface area contributed by atoms with Gasteiger partial charge in [0.05, 0.1) is 27.3 Å². The maximum atomic E-state index is 12.5. The molecule has 0 atom stereocenters. The van der Waals surface area contributed by atoms with E-state index in [-0.39, 0.29) is 10.8 Å². The number of aryl methyl sites for hydroxylation is 2. The predicted molar refractivity (Wildman–Crippen MR) is 96.5 cm³/mol. The SMILES string of the molecule is Cc1nc2ccc(C(=O)Nc3cccc(S(C)(=O)=O)c3)cc2nc1C. The largest absolute Gasteiger partial charge is 0.322 e. The monoisotopic (exact) mass is 355 g/mol. The first kappa shape index (κ1) is 17.0. The van der Waals surface area contributed by atoms with Crippen LogP contribution in [-0.2, 0) is 9.84 Å². The van der Waals surface area contributed by atoms with Crippen LogP contribution in [0.25, 0.3) is 11.0 Å². The topological polar surface area (TPSA) is 89.0 Å². The minimum absolute atomic E-state index is 0.153. The van der Waals surface area contributed by atoms with Crippen LogP contribution in [0.5, 0.6) is 0 Å². The Morgan fingerprint density at radius 2 is 1.64 bits per heavy atom. The number of sulfone groups is 1. The third kappa shape index (κ3) is 3.66. The van der Waals surface area contributed by atoms with E-state index >= 15 is 0 Å². The summed E-state index contributed by atoms with van der Waals surface area (Å²) in [7, 11) is -3.33. The summed E-state index contributed by atoms with van der Waals surface area (Å²) in [6.45, 7) is 3.75. The predicted octanol–water partition coefficient (Wildman–Crippen LogP) is 2.90. The molecule has 0 aliphatic heterocycles. The standard InChI is InChI=1S/C18H17N3O3S/c1-11-12(2)20-17-9-13(7-8-16(17)19-11)18(22)21-14-5-4-6-15(10-14)25(3,23)24/h4-10H,1-3H3,(H,21,22). The highest BCUT2D eigenvalue weighted by Crippen LogP contribution is 2.18. The third-order valence-corrected chi connectivity index (χ3v) is 4.97. The van der Waals surface area contributed by atoms with Crippen molar-refractivity contribution >= 4 is 32.5 Å². The summed E-state index contributed by atoms with van der Waals surface area (Å²) >= 11 is 0. The maximum absolute atomic E-state index is 12.5. The lowest BCUT2D eigenvalue weighted by Crippen LogP contribution is -2.12. The van der Waals surface area contributed by atoms with E-state index in [9.17, 15) is 13.2 Å². The van der Waals surface area contributed by atoms with Crippen LogP contribution in [0, 0.1) is 13.8 Å². The van der Waals surface area contributed by atoms with E-state index in [0.29, 0.717) is 16.8 Å². The van der Waals surface area contributed by atoms with Gasteiger partial charge in [0.15, 0.2) is 9.84 Å². The third-order valence-electron chi connectivity index (χ3n) is 3.86. The number of aromatic nitrogens is 2. The molecule has 0 bridgehead atoms. The molecule has 0 spiro atoms. The number of benzene rings is 2. The van der Waals surface area contributed by atoms with Crippen molar-refractivity contribution in [2.24, 2.45) is 0 Å². The van der Waals surface area contributed by atoms with Crippen LogP contribution in [0.3, 0.4) is 0 Å². The molecule has 1 amide bonds. The Labute approximate surface area is 145 Å². The van der Waals surface area contributed by atoms with Crippen LogP contribution >= 0.6 is 0 Å². The van der Waals surface area contributed by atoms with Crippen LogP contribution in [-0.4, -0.2) is 30.5 Å². The number of fused-ring (bicyclic) bond motifs is 1. The van der Waals surface area contributed by atoms with Gasteiger partial charge in [-0.2, -0.15) is 0 Å². The summed E-state index contributed by atoms with van der Waals surface area (Å²) in [6, 6.07) is 11.2. The molecule has 0 radical (unpaired) electrons.